The Kier molecular flexibility index (Phi) is 42.1. The molecule has 1 aliphatic rings. The molecule has 0 radical (unpaired) electrons. The molecule has 0 amide bonds. The molecule has 0 aromatic heterocycles. The summed E-state index contributed by atoms with van der Waals surface area (Å²) in [5.41, 5.74) is 10.2. The average molecular weight is 878 g/mol. The average Bonchev–Trinajstić information content (AvgIpc) is 3.80. The standard InChI is InChI=1S/C12H14O2.C8H8.C4H6N2O2.2C2H6.CH2I2.CH3I/c1-2-14-12(13)11-8-10(11)9-6-4-3-5-7-9;1-2-8-6-4-3-5-7-8;1-2-8-4(7)3-6-5;2*1-2;2-1-3;1-2/h3-7,10-11H,2,8H2,1H3;2-7H,1H2;3H,2H2,1H3;2*1-2H3;1H2;1H3. The predicted octanol–water partition coefficient (Wildman–Crippen LogP) is 9.45. The number of carbonyl (C=O) groups excluding carboxylic acids is 2. The molecule has 0 N–H and O–H groups in total. The fourth-order valence-corrected chi connectivity index (χ4v) is 2.59. The third-order valence-electron chi connectivity index (χ3n) is 4.09. The monoisotopic (exact) mass is 878 g/mol. The van der Waals surface area contributed by atoms with Gasteiger partial charge in [0.15, 0.2) is 0 Å². The van der Waals surface area contributed by atoms with E-state index in [0.717, 1.165) is 6.42 Å². The van der Waals surface area contributed by atoms with Gasteiger partial charge in [0, 0.05) is 0 Å². The number of esters is 2. The first-order valence-corrected chi connectivity index (χ1v) is 17.9. The van der Waals surface area contributed by atoms with Gasteiger partial charge in [-0.3, -0.25) is 4.79 Å². The van der Waals surface area contributed by atoms with Gasteiger partial charge < -0.3 is 15.0 Å². The Morgan fingerprint density at radius 1 is 0.923 bits per heavy atom. The van der Waals surface area contributed by atoms with Crippen LogP contribution in [0.15, 0.2) is 67.2 Å². The van der Waals surface area contributed by atoms with Crippen molar-refractivity contribution < 1.29 is 23.9 Å². The van der Waals surface area contributed by atoms with E-state index in [2.05, 4.69) is 96.0 Å². The molecular formula is C30H45I3N2O4. The van der Waals surface area contributed by atoms with Gasteiger partial charge in [-0.1, -0.05) is 169 Å². The van der Waals surface area contributed by atoms with E-state index in [1.807, 2.05) is 94.2 Å². The lowest BCUT2D eigenvalue weighted by Gasteiger charge is -2.00. The van der Waals surface area contributed by atoms with Crippen LogP contribution in [0.1, 0.15) is 65.0 Å². The Bertz CT molecular complexity index is 863. The number of ether oxygens (including phenoxy) is 2. The summed E-state index contributed by atoms with van der Waals surface area (Å²) in [4.78, 5) is 25.9. The molecule has 1 saturated carbocycles. The van der Waals surface area contributed by atoms with Crippen LogP contribution < -0.4 is 0 Å². The van der Waals surface area contributed by atoms with Crippen molar-refractivity contribution in [1.82, 2.24) is 0 Å². The van der Waals surface area contributed by atoms with E-state index in [0.29, 0.717) is 25.3 Å². The van der Waals surface area contributed by atoms with Crippen molar-refractivity contribution in [2.45, 2.75) is 53.9 Å². The summed E-state index contributed by atoms with van der Waals surface area (Å²) in [6.07, 6.45) is 3.48. The van der Waals surface area contributed by atoms with Gasteiger partial charge in [0.2, 0.25) is 0 Å². The van der Waals surface area contributed by atoms with Crippen LogP contribution in [0, 0.1) is 5.92 Å². The molecule has 0 bridgehead atoms. The fraction of sp³-hybridized carbons (Fsp3) is 0.433. The predicted molar refractivity (Wildman–Crippen MR) is 192 cm³/mol. The smallest absolute Gasteiger partial charge is 0.413 e. The highest BCUT2D eigenvalue weighted by Gasteiger charge is 2.44. The molecule has 2 unspecified atom stereocenters. The van der Waals surface area contributed by atoms with E-state index >= 15 is 0 Å². The number of hydrogen-bond acceptors (Lipinski definition) is 4. The van der Waals surface area contributed by atoms with E-state index in [1.54, 1.807) is 6.92 Å². The third-order valence-corrected chi connectivity index (χ3v) is 4.09. The zero-order valence-electron chi connectivity index (χ0n) is 24.3. The molecule has 2 aromatic rings. The number of halogens is 3. The van der Waals surface area contributed by atoms with Crippen LogP contribution in [0.4, 0.5) is 0 Å². The molecular weight excluding hydrogens is 833 g/mol. The molecule has 1 fully saturated rings. The third kappa shape index (κ3) is 28.0. The van der Waals surface area contributed by atoms with Gasteiger partial charge >= 0.3 is 18.2 Å². The first-order chi connectivity index (χ1) is 19.0. The van der Waals surface area contributed by atoms with Crippen LogP contribution in [0.3, 0.4) is 0 Å². The normalized spacial score (nSPS) is 12.9. The maximum absolute atomic E-state index is 11.4. The first kappa shape index (κ1) is 44.7. The number of nitrogens with zero attached hydrogens (tertiary/aromatic N) is 2. The lowest BCUT2D eigenvalue weighted by molar-refractivity contribution is -0.144. The van der Waals surface area contributed by atoms with E-state index in [1.165, 1.54) is 13.6 Å². The second-order valence-corrected chi connectivity index (χ2v) is 10.8. The minimum Gasteiger partial charge on any atom is -0.466 e. The summed E-state index contributed by atoms with van der Waals surface area (Å²) in [5.74, 6) is -0.163. The summed E-state index contributed by atoms with van der Waals surface area (Å²) in [6, 6.07) is 20.2. The van der Waals surface area contributed by atoms with Crippen molar-refractivity contribution in [1.29, 1.82) is 0 Å². The molecule has 0 saturated heterocycles. The molecule has 2 aromatic carbocycles. The molecule has 6 nitrogen and oxygen atoms in total. The number of alkyl halides is 3. The van der Waals surface area contributed by atoms with E-state index < -0.39 is 5.97 Å². The van der Waals surface area contributed by atoms with Gasteiger partial charge in [0.05, 0.1) is 21.6 Å². The van der Waals surface area contributed by atoms with Crippen molar-refractivity contribution in [3.63, 3.8) is 0 Å². The Morgan fingerprint density at radius 3 is 1.72 bits per heavy atom. The van der Waals surface area contributed by atoms with Gasteiger partial charge in [-0.15, -0.1) is 0 Å². The SMILES string of the molecule is C=Cc1ccccc1.CC.CC.CCOC(=O)C1CC1c1ccccc1.CCOC(=O)C=[N+]=[N-].CI.ICI. The van der Waals surface area contributed by atoms with Crippen LogP contribution in [0.5, 0.6) is 0 Å². The largest absolute Gasteiger partial charge is 0.466 e. The minimum atomic E-state index is -0.630. The Labute approximate surface area is 277 Å². The fourth-order valence-electron chi connectivity index (χ4n) is 2.59. The summed E-state index contributed by atoms with van der Waals surface area (Å²) in [7, 11) is 0. The van der Waals surface area contributed by atoms with E-state index in [-0.39, 0.29) is 11.9 Å². The molecule has 220 valence electrons. The van der Waals surface area contributed by atoms with E-state index in [9.17, 15) is 9.59 Å². The highest BCUT2D eigenvalue weighted by atomic mass is 127. The van der Waals surface area contributed by atoms with Gasteiger partial charge in [-0.05, 0) is 42.2 Å². The Hall–Kier alpha value is -1.31. The van der Waals surface area contributed by atoms with Crippen LogP contribution in [-0.2, 0) is 19.1 Å². The summed E-state index contributed by atoms with van der Waals surface area (Å²) in [5, 5.41) is 0. The van der Waals surface area contributed by atoms with Gasteiger partial charge in [0.25, 0.3) is 0 Å². The number of carbonyl (C=O) groups is 2. The Balaban J connectivity index is -0.000000214. The summed E-state index contributed by atoms with van der Waals surface area (Å²) in [6.45, 7) is 15.9. The highest BCUT2D eigenvalue weighted by molar-refractivity contribution is 14.2. The van der Waals surface area contributed by atoms with Gasteiger partial charge in [-0.25, -0.2) is 4.79 Å². The maximum atomic E-state index is 11.4. The molecule has 0 heterocycles. The van der Waals surface area contributed by atoms with Crippen molar-refractivity contribution in [3.8, 4) is 0 Å². The lowest BCUT2D eigenvalue weighted by atomic mass is 10.1. The minimum absolute atomic E-state index is 0.0404. The van der Waals surface area contributed by atoms with Crippen LogP contribution >= 0.6 is 67.8 Å². The van der Waals surface area contributed by atoms with Crippen molar-refractivity contribution in [2.24, 2.45) is 5.92 Å². The zero-order valence-corrected chi connectivity index (χ0v) is 30.8. The second kappa shape index (κ2) is 36.7. The first-order valence-electron chi connectivity index (χ1n) is 12.7. The van der Waals surface area contributed by atoms with E-state index in [4.69, 9.17) is 10.3 Å². The molecule has 39 heavy (non-hydrogen) atoms. The van der Waals surface area contributed by atoms with Gasteiger partial charge in [0.1, 0.15) is 0 Å². The topological polar surface area (TPSA) is 89.0 Å². The van der Waals surface area contributed by atoms with Crippen LogP contribution in [0.25, 0.3) is 11.6 Å². The number of benzene rings is 2. The zero-order chi connectivity index (χ0) is 30.9. The molecule has 9 heteroatoms. The maximum Gasteiger partial charge on any atom is 0.413 e. The van der Waals surface area contributed by atoms with Crippen molar-refractivity contribution in [3.05, 3.63) is 83.9 Å². The molecule has 0 aliphatic heterocycles. The van der Waals surface area contributed by atoms with Crippen LogP contribution in [-0.4, -0.2) is 43.5 Å². The Morgan fingerprint density at radius 2 is 1.36 bits per heavy atom. The number of rotatable bonds is 6. The summed E-state index contributed by atoms with van der Waals surface area (Å²) >= 11 is 6.70. The van der Waals surface area contributed by atoms with Crippen LogP contribution in [0.2, 0.25) is 0 Å². The quantitative estimate of drug-likeness (QED) is 0.0723. The highest BCUT2D eigenvalue weighted by Crippen LogP contribution is 2.47. The summed E-state index contributed by atoms with van der Waals surface area (Å²) < 4.78 is 10.5. The number of hydrogen-bond donors (Lipinski definition) is 0. The molecule has 0 spiro atoms. The second-order valence-electron chi connectivity index (χ2n) is 6.32. The molecule has 3 rings (SSSR count). The molecule has 2 atom stereocenters. The van der Waals surface area contributed by atoms with Gasteiger partial charge in [-0.2, -0.15) is 4.79 Å². The van der Waals surface area contributed by atoms with Crippen molar-refractivity contribution >= 4 is 92.0 Å². The molecule has 1 aliphatic carbocycles. The lowest BCUT2D eigenvalue weighted by Crippen LogP contribution is -2.07. The van der Waals surface area contributed by atoms with Crippen molar-refractivity contribution in [2.75, 3.05) is 20.6 Å².